The minimum absolute atomic E-state index is 0.00479. The Morgan fingerprint density at radius 2 is 1.83 bits per heavy atom. The minimum atomic E-state index is 0.00479. The molecule has 1 aromatic heterocycles. The number of amides is 1. The van der Waals surface area contributed by atoms with E-state index >= 15 is 0 Å². The molecule has 4 rings (SSSR count). The van der Waals surface area contributed by atoms with Gasteiger partial charge in [-0.1, -0.05) is 42.5 Å². The fourth-order valence-electron chi connectivity index (χ4n) is 4.25. The smallest absolute Gasteiger partial charge is 0.251 e. The second-order valence-electron chi connectivity index (χ2n) is 7.78. The third-order valence-electron chi connectivity index (χ3n) is 5.85. The van der Waals surface area contributed by atoms with Crippen LogP contribution in [0.1, 0.15) is 49.2 Å². The summed E-state index contributed by atoms with van der Waals surface area (Å²) in [6.07, 6.45) is 1.04. The van der Waals surface area contributed by atoms with E-state index in [4.69, 9.17) is 0 Å². The zero-order valence-corrected chi connectivity index (χ0v) is 18.1. The molecule has 3 aromatic rings. The largest absolute Gasteiger partial charge is 0.350 e. The van der Waals surface area contributed by atoms with Crippen molar-refractivity contribution >= 4 is 17.2 Å². The molecule has 29 heavy (non-hydrogen) atoms. The molecule has 1 unspecified atom stereocenters. The number of nitrogens with zero attached hydrogens (tertiary/aromatic N) is 2. The number of hydrogen-bond donors (Lipinski definition) is 1. The summed E-state index contributed by atoms with van der Waals surface area (Å²) in [4.78, 5) is 21.2. The van der Waals surface area contributed by atoms with Gasteiger partial charge in [-0.05, 0) is 49.4 Å². The fraction of sp³-hybridized carbons (Fsp3) is 0.333. The molecule has 0 saturated carbocycles. The van der Waals surface area contributed by atoms with E-state index in [9.17, 15) is 4.79 Å². The van der Waals surface area contributed by atoms with Crippen molar-refractivity contribution in [1.29, 1.82) is 0 Å². The Morgan fingerprint density at radius 3 is 2.52 bits per heavy atom. The summed E-state index contributed by atoms with van der Waals surface area (Å²) in [5.41, 5.74) is 8.59. The topological polar surface area (TPSA) is 45.2 Å². The van der Waals surface area contributed by atoms with Gasteiger partial charge in [0.25, 0.3) is 5.91 Å². The lowest BCUT2D eigenvalue weighted by Gasteiger charge is -2.35. The van der Waals surface area contributed by atoms with Crippen molar-refractivity contribution in [1.82, 2.24) is 15.2 Å². The van der Waals surface area contributed by atoms with Gasteiger partial charge in [0, 0.05) is 30.1 Å². The molecule has 4 nitrogen and oxygen atoms in total. The summed E-state index contributed by atoms with van der Waals surface area (Å²) in [5.74, 6) is 0.00479. The van der Waals surface area contributed by atoms with Crippen LogP contribution in [0.15, 0.2) is 48.0 Å². The minimum Gasteiger partial charge on any atom is -0.350 e. The molecule has 0 radical (unpaired) electrons. The first-order valence-corrected chi connectivity index (χ1v) is 11.0. The van der Waals surface area contributed by atoms with Gasteiger partial charge >= 0.3 is 0 Å². The standard InChI is InChI=1S/C24H27N3OS/c1-16-7-6-8-17(2)22(16)24(28)25-13-21(23-18(3)26-15-29-23)27-12-11-19-9-4-5-10-20(19)14-27/h4-10,15,21H,11-14H2,1-3H3,(H,25,28). The lowest BCUT2D eigenvalue weighted by molar-refractivity contribution is 0.0927. The van der Waals surface area contributed by atoms with Gasteiger partial charge in [0.15, 0.2) is 0 Å². The van der Waals surface area contributed by atoms with Gasteiger partial charge in [0.2, 0.25) is 0 Å². The van der Waals surface area contributed by atoms with Crippen molar-refractivity contribution in [2.24, 2.45) is 0 Å². The first-order valence-electron chi connectivity index (χ1n) is 10.1. The molecule has 1 N–H and O–H groups in total. The molecule has 2 aromatic carbocycles. The summed E-state index contributed by atoms with van der Waals surface area (Å²) < 4.78 is 0. The van der Waals surface area contributed by atoms with Crippen molar-refractivity contribution in [3.63, 3.8) is 0 Å². The van der Waals surface area contributed by atoms with Crippen molar-refractivity contribution < 1.29 is 4.79 Å². The first-order chi connectivity index (χ1) is 14.0. The first kappa shape index (κ1) is 19.8. The van der Waals surface area contributed by atoms with Gasteiger partial charge in [-0.3, -0.25) is 9.69 Å². The molecule has 1 aliphatic rings. The Balaban J connectivity index is 1.56. The molecule has 0 saturated heterocycles. The number of aromatic nitrogens is 1. The van der Waals surface area contributed by atoms with Crippen LogP contribution in [-0.4, -0.2) is 28.9 Å². The number of hydrogen-bond acceptors (Lipinski definition) is 4. The summed E-state index contributed by atoms with van der Waals surface area (Å²) in [6.45, 7) is 8.51. The molecule has 1 amide bonds. The average molecular weight is 406 g/mol. The normalized spacial score (nSPS) is 15.0. The van der Waals surface area contributed by atoms with E-state index in [1.807, 2.05) is 37.6 Å². The molecule has 0 bridgehead atoms. The SMILES string of the molecule is Cc1cccc(C)c1C(=O)NCC(c1scnc1C)N1CCc2ccccc2C1. The maximum Gasteiger partial charge on any atom is 0.251 e. The Hall–Kier alpha value is -2.50. The Bertz CT molecular complexity index is 1010. The third kappa shape index (κ3) is 4.11. The maximum absolute atomic E-state index is 13.0. The van der Waals surface area contributed by atoms with Crippen LogP contribution < -0.4 is 5.32 Å². The number of aryl methyl sites for hydroxylation is 3. The number of fused-ring (bicyclic) bond motifs is 1. The lowest BCUT2D eigenvalue weighted by atomic mass is 9.98. The summed E-state index contributed by atoms with van der Waals surface area (Å²) >= 11 is 1.68. The zero-order valence-electron chi connectivity index (χ0n) is 17.2. The van der Waals surface area contributed by atoms with Crippen LogP contribution in [0.3, 0.4) is 0 Å². The Labute approximate surface area is 176 Å². The highest BCUT2D eigenvalue weighted by molar-refractivity contribution is 7.09. The highest BCUT2D eigenvalue weighted by atomic mass is 32.1. The van der Waals surface area contributed by atoms with Crippen LogP contribution in [-0.2, 0) is 13.0 Å². The molecule has 1 aliphatic heterocycles. The zero-order chi connectivity index (χ0) is 20.4. The van der Waals surface area contributed by atoms with Gasteiger partial charge in [0.1, 0.15) is 0 Å². The van der Waals surface area contributed by atoms with Crippen molar-refractivity contribution in [3.8, 4) is 0 Å². The molecule has 0 aliphatic carbocycles. The predicted octanol–water partition coefficient (Wildman–Crippen LogP) is 4.60. The van der Waals surface area contributed by atoms with E-state index in [-0.39, 0.29) is 11.9 Å². The lowest BCUT2D eigenvalue weighted by Crippen LogP contribution is -2.40. The van der Waals surface area contributed by atoms with Crippen LogP contribution in [0.25, 0.3) is 0 Å². The van der Waals surface area contributed by atoms with E-state index < -0.39 is 0 Å². The molecule has 2 heterocycles. The van der Waals surface area contributed by atoms with Gasteiger partial charge in [0.05, 0.1) is 17.2 Å². The second kappa shape index (κ2) is 8.47. The van der Waals surface area contributed by atoms with Crippen molar-refractivity contribution in [2.75, 3.05) is 13.1 Å². The Kier molecular flexibility index (Phi) is 5.79. The molecule has 0 fully saturated rings. The molecule has 1 atom stereocenters. The van der Waals surface area contributed by atoms with Gasteiger partial charge in [-0.25, -0.2) is 4.98 Å². The number of thiazole rings is 1. The average Bonchev–Trinajstić information content (AvgIpc) is 3.13. The van der Waals surface area contributed by atoms with E-state index in [0.29, 0.717) is 6.54 Å². The van der Waals surface area contributed by atoms with E-state index in [2.05, 4.69) is 46.4 Å². The van der Waals surface area contributed by atoms with Crippen LogP contribution in [0.2, 0.25) is 0 Å². The highest BCUT2D eigenvalue weighted by Gasteiger charge is 2.28. The molecular formula is C24H27N3OS. The number of carbonyl (C=O) groups excluding carboxylic acids is 1. The van der Waals surface area contributed by atoms with Crippen molar-refractivity contribution in [3.05, 3.63) is 86.4 Å². The van der Waals surface area contributed by atoms with Crippen LogP contribution in [0, 0.1) is 20.8 Å². The van der Waals surface area contributed by atoms with Crippen LogP contribution in [0.4, 0.5) is 0 Å². The van der Waals surface area contributed by atoms with Crippen molar-refractivity contribution in [2.45, 2.75) is 39.8 Å². The third-order valence-corrected chi connectivity index (χ3v) is 6.88. The quantitative estimate of drug-likeness (QED) is 0.675. The number of carbonyl (C=O) groups is 1. The van der Waals surface area contributed by atoms with E-state index in [0.717, 1.165) is 41.9 Å². The van der Waals surface area contributed by atoms with E-state index in [1.165, 1.54) is 16.0 Å². The molecule has 0 spiro atoms. The fourth-order valence-corrected chi connectivity index (χ4v) is 5.19. The number of rotatable bonds is 5. The van der Waals surface area contributed by atoms with Gasteiger partial charge in [-0.2, -0.15) is 0 Å². The predicted molar refractivity (Wildman–Crippen MR) is 118 cm³/mol. The van der Waals surface area contributed by atoms with E-state index in [1.54, 1.807) is 11.3 Å². The van der Waals surface area contributed by atoms with Crippen LogP contribution >= 0.6 is 11.3 Å². The highest BCUT2D eigenvalue weighted by Crippen LogP contribution is 2.31. The Morgan fingerprint density at radius 1 is 1.10 bits per heavy atom. The van der Waals surface area contributed by atoms with Gasteiger partial charge < -0.3 is 5.32 Å². The second-order valence-corrected chi connectivity index (χ2v) is 8.67. The number of nitrogens with one attached hydrogen (secondary N) is 1. The summed E-state index contributed by atoms with van der Waals surface area (Å²) in [7, 11) is 0. The summed E-state index contributed by atoms with van der Waals surface area (Å²) in [6, 6.07) is 14.8. The number of benzene rings is 2. The monoisotopic (exact) mass is 405 g/mol. The van der Waals surface area contributed by atoms with Crippen LogP contribution in [0.5, 0.6) is 0 Å². The molecular weight excluding hydrogens is 378 g/mol. The molecule has 150 valence electrons. The van der Waals surface area contributed by atoms with Gasteiger partial charge in [-0.15, -0.1) is 11.3 Å². The maximum atomic E-state index is 13.0. The molecule has 5 heteroatoms. The summed E-state index contributed by atoms with van der Waals surface area (Å²) in [5, 5.41) is 3.22.